The quantitative estimate of drug-likeness (QED) is 0.572. The lowest BCUT2D eigenvalue weighted by atomic mass is 10.2. The van der Waals surface area contributed by atoms with Gasteiger partial charge in [-0.1, -0.05) is 6.92 Å². The molecule has 0 heterocycles. The molecule has 0 saturated heterocycles. The summed E-state index contributed by atoms with van der Waals surface area (Å²) in [5.41, 5.74) is 5.35. The molecular weight excluding hydrogens is 204 g/mol. The van der Waals surface area contributed by atoms with Gasteiger partial charge in [-0.3, -0.25) is 5.41 Å². The van der Waals surface area contributed by atoms with Crippen LogP contribution >= 0.6 is 0 Å². The summed E-state index contributed by atoms with van der Waals surface area (Å²) in [6.45, 7) is 2.01. The molecule has 0 spiro atoms. The Bertz CT molecular complexity index is 335. The van der Waals surface area contributed by atoms with Gasteiger partial charge in [0.2, 0.25) is 0 Å². The molecule has 3 N–H and O–H groups in total. The van der Waals surface area contributed by atoms with Crippen molar-refractivity contribution >= 4 is 5.84 Å². The van der Waals surface area contributed by atoms with Gasteiger partial charge in [0.05, 0.1) is 12.9 Å². The Morgan fingerprint density at radius 3 is 2.31 bits per heavy atom. The van der Waals surface area contributed by atoms with Gasteiger partial charge in [0, 0.05) is 6.42 Å². The Morgan fingerprint density at radius 2 is 1.88 bits per heavy atom. The van der Waals surface area contributed by atoms with Crippen molar-refractivity contribution in [3.8, 4) is 11.5 Å². The number of hydrogen-bond acceptors (Lipinski definition) is 3. The molecule has 0 aliphatic rings. The van der Waals surface area contributed by atoms with E-state index in [-0.39, 0.29) is 11.9 Å². The highest BCUT2D eigenvalue weighted by molar-refractivity contribution is 5.77. The monoisotopic (exact) mass is 222 g/mol. The van der Waals surface area contributed by atoms with E-state index >= 15 is 0 Å². The van der Waals surface area contributed by atoms with Gasteiger partial charge >= 0.3 is 0 Å². The van der Waals surface area contributed by atoms with Crippen molar-refractivity contribution in [2.45, 2.75) is 25.9 Å². The van der Waals surface area contributed by atoms with Crippen LogP contribution in [0.15, 0.2) is 24.3 Å². The number of benzene rings is 1. The molecule has 88 valence electrons. The fourth-order valence-electron chi connectivity index (χ4n) is 1.36. The summed E-state index contributed by atoms with van der Waals surface area (Å²) in [7, 11) is 1.63. The molecule has 16 heavy (non-hydrogen) atoms. The first kappa shape index (κ1) is 12.4. The summed E-state index contributed by atoms with van der Waals surface area (Å²) in [4.78, 5) is 0. The minimum atomic E-state index is -0.0362. The number of ether oxygens (including phenoxy) is 2. The molecule has 0 aromatic heterocycles. The zero-order valence-corrected chi connectivity index (χ0v) is 9.69. The van der Waals surface area contributed by atoms with E-state index in [4.69, 9.17) is 20.6 Å². The normalized spacial score (nSPS) is 11.9. The Balaban J connectivity index is 2.59. The van der Waals surface area contributed by atoms with Crippen molar-refractivity contribution in [2.75, 3.05) is 7.11 Å². The van der Waals surface area contributed by atoms with Gasteiger partial charge < -0.3 is 15.2 Å². The van der Waals surface area contributed by atoms with Crippen molar-refractivity contribution in [2.24, 2.45) is 5.73 Å². The van der Waals surface area contributed by atoms with Crippen LogP contribution in [0.3, 0.4) is 0 Å². The van der Waals surface area contributed by atoms with E-state index in [9.17, 15) is 0 Å². The van der Waals surface area contributed by atoms with Crippen LogP contribution in [-0.2, 0) is 0 Å². The fraction of sp³-hybridized carbons (Fsp3) is 0.417. The van der Waals surface area contributed by atoms with Gasteiger partial charge in [-0.05, 0) is 30.7 Å². The number of nitrogens with two attached hydrogens (primary N) is 1. The minimum absolute atomic E-state index is 0.0362. The van der Waals surface area contributed by atoms with Crippen molar-refractivity contribution < 1.29 is 9.47 Å². The van der Waals surface area contributed by atoms with E-state index in [1.54, 1.807) is 7.11 Å². The molecule has 0 aliphatic carbocycles. The average Bonchev–Trinajstić information content (AvgIpc) is 2.28. The molecule has 1 atom stereocenters. The predicted octanol–water partition coefficient (Wildman–Crippen LogP) is 2.18. The van der Waals surface area contributed by atoms with Crippen LogP contribution in [0.2, 0.25) is 0 Å². The minimum Gasteiger partial charge on any atom is -0.497 e. The standard InChI is InChI=1S/C12H18N2O2/c1-3-9(8-12(13)14)16-11-6-4-10(15-2)5-7-11/h4-7,9H,3,8H2,1-2H3,(H3,13,14). The van der Waals surface area contributed by atoms with E-state index in [0.717, 1.165) is 17.9 Å². The number of rotatable bonds is 6. The second kappa shape index (κ2) is 6.00. The van der Waals surface area contributed by atoms with E-state index in [0.29, 0.717) is 6.42 Å². The summed E-state index contributed by atoms with van der Waals surface area (Å²) in [5, 5.41) is 7.24. The number of methoxy groups -OCH3 is 1. The number of hydrogen-bond donors (Lipinski definition) is 2. The summed E-state index contributed by atoms with van der Waals surface area (Å²) >= 11 is 0. The van der Waals surface area contributed by atoms with Crippen LogP contribution in [0.25, 0.3) is 0 Å². The Kier molecular flexibility index (Phi) is 4.64. The highest BCUT2D eigenvalue weighted by Crippen LogP contribution is 2.19. The fourth-order valence-corrected chi connectivity index (χ4v) is 1.36. The summed E-state index contributed by atoms with van der Waals surface area (Å²) in [6, 6.07) is 7.38. The van der Waals surface area contributed by atoms with E-state index in [1.165, 1.54) is 0 Å². The lowest BCUT2D eigenvalue weighted by Crippen LogP contribution is -2.23. The van der Waals surface area contributed by atoms with Crippen molar-refractivity contribution in [3.05, 3.63) is 24.3 Å². The number of nitrogens with one attached hydrogen (secondary N) is 1. The first-order valence-electron chi connectivity index (χ1n) is 5.29. The summed E-state index contributed by atoms with van der Waals surface area (Å²) < 4.78 is 10.8. The molecule has 4 nitrogen and oxygen atoms in total. The molecule has 0 fully saturated rings. The van der Waals surface area contributed by atoms with Gasteiger partial charge in [0.1, 0.15) is 17.6 Å². The number of amidine groups is 1. The molecular formula is C12H18N2O2. The SMILES string of the molecule is CCC(CC(=N)N)Oc1ccc(OC)cc1. The van der Waals surface area contributed by atoms with Crippen LogP contribution < -0.4 is 15.2 Å². The Morgan fingerprint density at radius 1 is 1.31 bits per heavy atom. The van der Waals surface area contributed by atoms with E-state index in [1.807, 2.05) is 31.2 Å². The Labute approximate surface area is 95.9 Å². The molecule has 0 amide bonds. The largest absolute Gasteiger partial charge is 0.497 e. The molecule has 0 saturated carbocycles. The highest BCUT2D eigenvalue weighted by Gasteiger charge is 2.09. The maximum atomic E-state index is 7.24. The third kappa shape index (κ3) is 3.81. The average molecular weight is 222 g/mol. The molecule has 1 aromatic rings. The smallest absolute Gasteiger partial charge is 0.120 e. The zero-order chi connectivity index (χ0) is 12.0. The lowest BCUT2D eigenvalue weighted by Gasteiger charge is -2.16. The third-order valence-corrected chi connectivity index (χ3v) is 2.27. The highest BCUT2D eigenvalue weighted by atomic mass is 16.5. The molecule has 4 heteroatoms. The van der Waals surface area contributed by atoms with Crippen LogP contribution in [0.5, 0.6) is 11.5 Å². The van der Waals surface area contributed by atoms with Gasteiger partial charge in [-0.2, -0.15) is 0 Å². The second-order valence-corrected chi connectivity index (χ2v) is 3.55. The van der Waals surface area contributed by atoms with Crippen molar-refractivity contribution in [3.63, 3.8) is 0 Å². The molecule has 0 bridgehead atoms. The zero-order valence-electron chi connectivity index (χ0n) is 9.69. The van der Waals surface area contributed by atoms with E-state index < -0.39 is 0 Å². The van der Waals surface area contributed by atoms with Gasteiger partial charge in [0.25, 0.3) is 0 Å². The lowest BCUT2D eigenvalue weighted by molar-refractivity contribution is 0.204. The molecule has 1 aromatic carbocycles. The summed E-state index contributed by atoms with van der Waals surface area (Å²) in [6.07, 6.45) is 1.25. The second-order valence-electron chi connectivity index (χ2n) is 3.55. The maximum Gasteiger partial charge on any atom is 0.120 e. The van der Waals surface area contributed by atoms with Crippen LogP contribution in [0.1, 0.15) is 19.8 Å². The van der Waals surface area contributed by atoms with Crippen LogP contribution in [-0.4, -0.2) is 19.0 Å². The predicted molar refractivity (Wildman–Crippen MR) is 64.2 cm³/mol. The first-order valence-corrected chi connectivity index (χ1v) is 5.29. The Hall–Kier alpha value is -1.71. The molecule has 0 radical (unpaired) electrons. The molecule has 0 aliphatic heterocycles. The van der Waals surface area contributed by atoms with Crippen molar-refractivity contribution in [1.82, 2.24) is 0 Å². The molecule has 1 unspecified atom stereocenters. The summed E-state index contributed by atoms with van der Waals surface area (Å²) in [5.74, 6) is 1.72. The van der Waals surface area contributed by atoms with Crippen LogP contribution in [0, 0.1) is 5.41 Å². The van der Waals surface area contributed by atoms with E-state index in [2.05, 4.69) is 0 Å². The maximum absolute atomic E-state index is 7.24. The topological polar surface area (TPSA) is 68.3 Å². The van der Waals surface area contributed by atoms with Crippen LogP contribution in [0.4, 0.5) is 0 Å². The molecule has 1 rings (SSSR count). The van der Waals surface area contributed by atoms with Crippen molar-refractivity contribution in [1.29, 1.82) is 5.41 Å². The van der Waals surface area contributed by atoms with Gasteiger partial charge in [-0.15, -0.1) is 0 Å². The van der Waals surface area contributed by atoms with Gasteiger partial charge in [0.15, 0.2) is 0 Å². The van der Waals surface area contributed by atoms with Gasteiger partial charge in [-0.25, -0.2) is 0 Å². The third-order valence-electron chi connectivity index (χ3n) is 2.27. The first-order chi connectivity index (χ1) is 7.65.